The summed E-state index contributed by atoms with van der Waals surface area (Å²) in [6.45, 7) is 9.72. The van der Waals surface area contributed by atoms with Crippen LogP contribution in [-0.2, 0) is 11.3 Å². The number of hydrogen-bond donors (Lipinski definition) is 2. The Bertz CT molecular complexity index is 1200. The Morgan fingerprint density at radius 2 is 1.71 bits per heavy atom. The summed E-state index contributed by atoms with van der Waals surface area (Å²) < 4.78 is 11.7. The molecule has 1 heterocycles. The largest absolute Gasteiger partial charge is 0.488 e. The van der Waals surface area contributed by atoms with Crippen LogP contribution in [0.15, 0.2) is 54.6 Å². The molecule has 4 rings (SSSR count). The molecule has 0 aromatic heterocycles. The third-order valence-corrected chi connectivity index (χ3v) is 5.54. The quantitative estimate of drug-likeness (QED) is 0.468. The first-order valence-electron chi connectivity index (χ1n) is 11.8. The molecule has 3 aromatic rings. The van der Waals surface area contributed by atoms with E-state index < -0.39 is 17.7 Å². The second-order valence-electron chi connectivity index (χ2n) is 9.12. The molecule has 0 radical (unpaired) electrons. The standard InChI is InChI=1S/C26H27NO6.C2H6/c1-26(2,3)33-25(31)27-13-18(14-28)23-20-11-17(24(29)30)9-10-19(20)22(12-21(23)27)32-15-16-7-5-4-6-8-16;1-2/h4-12,18,28H,13-15H2,1-3H3,(H,29,30);1-2H3. The molecular weight excluding hydrogens is 446 g/mol. The topological polar surface area (TPSA) is 96.3 Å². The lowest BCUT2D eigenvalue weighted by Gasteiger charge is -2.25. The molecule has 35 heavy (non-hydrogen) atoms. The lowest BCUT2D eigenvalue weighted by molar-refractivity contribution is 0.0580. The maximum atomic E-state index is 13.0. The number of amides is 1. The molecular formula is C28H33NO6. The van der Waals surface area contributed by atoms with Gasteiger partial charge in [-0.05, 0) is 55.5 Å². The van der Waals surface area contributed by atoms with Crippen molar-refractivity contribution < 1.29 is 29.3 Å². The number of benzene rings is 3. The Balaban J connectivity index is 0.00000167. The minimum Gasteiger partial charge on any atom is -0.488 e. The number of carbonyl (C=O) groups is 2. The zero-order valence-corrected chi connectivity index (χ0v) is 20.9. The first-order chi connectivity index (χ1) is 16.7. The van der Waals surface area contributed by atoms with Crippen LogP contribution in [0.1, 0.15) is 62.0 Å². The van der Waals surface area contributed by atoms with Crippen molar-refractivity contribution in [3.8, 4) is 5.75 Å². The summed E-state index contributed by atoms with van der Waals surface area (Å²) in [5.41, 5.74) is 1.69. The van der Waals surface area contributed by atoms with Gasteiger partial charge >= 0.3 is 12.1 Å². The average Bonchev–Trinajstić information content (AvgIpc) is 3.22. The maximum absolute atomic E-state index is 13.0. The van der Waals surface area contributed by atoms with Crippen LogP contribution in [0.5, 0.6) is 5.75 Å². The number of aromatic carboxylic acids is 1. The molecule has 1 atom stereocenters. The number of carboxylic acids is 1. The highest BCUT2D eigenvalue weighted by Gasteiger charge is 2.37. The zero-order chi connectivity index (χ0) is 25.8. The number of hydrogen-bond acceptors (Lipinski definition) is 5. The van der Waals surface area contributed by atoms with Crippen LogP contribution < -0.4 is 9.64 Å². The molecule has 1 amide bonds. The molecule has 186 valence electrons. The molecule has 3 aromatic carbocycles. The number of carboxylic acid groups (broad SMARTS) is 1. The van der Waals surface area contributed by atoms with Crippen molar-refractivity contribution in [2.45, 2.75) is 52.7 Å². The van der Waals surface area contributed by atoms with Gasteiger partial charge in [0, 0.05) is 23.9 Å². The molecule has 1 unspecified atom stereocenters. The Hall–Kier alpha value is -3.58. The van der Waals surface area contributed by atoms with Crippen molar-refractivity contribution in [3.05, 3.63) is 71.3 Å². The van der Waals surface area contributed by atoms with Gasteiger partial charge in [0.25, 0.3) is 0 Å². The van der Waals surface area contributed by atoms with Gasteiger partial charge in [-0.2, -0.15) is 0 Å². The number of rotatable bonds is 5. The predicted molar refractivity (Wildman–Crippen MR) is 136 cm³/mol. The smallest absolute Gasteiger partial charge is 0.414 e. The van der Waals surface area contributed by atoms with Crippen molar-refractivity contribution in [1.82, 2.24) is 0 Å². The summed E-state index contributed by atoms with van der Waals surface area (Å²) in [4.78, 5) is 26.1. The van der Waals surface area contributed by atoms with Crippen molar-refractivity contribution in [2.75, 3.05) is 18.1 Å². The number of nitrogens with zero attached hydrogens (tertiary/aromatic N) is 1. The normalized spacial score (nSPS) is 14.7. The van der Waals surface area contributed by atoms with Gasteiger partial charge in [-0.25, -0.2) is 9.59 Å². The third-order valence-electron chi connectivity index (χ3n) is 5.54. The van der Waals surface area contributed by atoms with E-state index >= 15 is 0 Å². The monoisotopic (exact) mass is 479 g/mol. The number of anilines is 1. The lowest BCUT2D eigenvalue weighted by atomic mass is 9.93. The van der Waals surface area contributed by atoms with E-state index in [1.807, 2.05) is 44.2 Å². The molecule has 0 saturated heterocycles. The molecule has 0 aliphatic carbocycles. The molecule has 0 fully saturated rings. The van der Waals surface area contributed by atoms with Crippen LogP contribution in [0, 0.1) is 0 Å². The number of carbonyl (C=O) groups excluding carboxylic acids is 1. The van der Waals surface area contributed by atoms with Gasteiger partial charge in [0.15, 0.2) is 0 Å². The van der Waals surface area contributed by atoms with E-state index in [0.29, 0.717) is 29.0 Å². The van der Waals surface area contributed by atoms with Crippen LogP contribution in [0.3, 0.4) is 0 Å². The maximum Gasteiger partial charge on any atom is 0.414 e. The van der Waals surface area contributed by atoms with Crippen molar-refractivity contribution >= 4 is 28.5 Å². The summed E-state index contributed by atoms with van der Waals surface area (Å²) >= 11 is 0. The summed E-state index contributed by atoms with van der Waals surface area (Å²) in [5, 5.41) is 21.0. The van der Waals surface area contributed by atoms with Crippen LogP contribution in [0.2, 0.25) is 0 Å². The fraction of sp³-hybridized carbons (Fsp3) is 0.357. The second kappa shape index (κ2) is 10.8. The Morgan fingerprint density at radius 3 is 2.31 bits per heavy atom. The summed E-state index contributed by atoms with van der Waals surface area (Å²) in [6, 6.07) is 16.3. The third kappa shape index (κ3) is 5.74. The van der Waals surface area contributed by atoms with Crippen LogP contribution in [0.4, 0.5) is 10.5 Å². The number of ether oxygens (including phenoxy) is 2. The van der Waals surface area contributed by atoms with Crippen LogP contribution in [-0.4, -0.2) is 41.0 Å². The fourth-order valence-electron chi connectivity index (χ4n) is 4.09. The molecule has 0 spiro atoms. The Kier molecular flexibility index (Phi) is 8.02. The fourth-order valence-corrected chi connectivity index (χ4v) is 4.09. The second-order valence-corrected chi connectivity index (χ2v) is 9.12. The van der Waals surface area contributed by atoms with Gasteiger partial charge in [0.2, 0.25) is 0 Å². The average molecular weight is 480 g/mol. The zero-order valence-electron chi connectivity index (χ0n) is 20.9. The van der Waals surface area contributed by atoms with Gasteiger partial charge in [-0.15, -0.1) is 0 Å². The number of fused-ring (bicyclic) bond motifs is 3. The Morgan fingerprint density at radius 1 is 1.03 bits per heavy atom. The molecule has 7 nitrogen and oxygen atoms in total. The molecule has 2 N–H and O–H groups in total. The van der Waals surface area contributed by atoms with Gasteiger partial charge in [0.1, 0.15) is 18.0 Å². The van der Waals surface area contributed by atoms with E-state index in [-0.39, 0.29) is 24.6 Å². The summed E-state index contributed by atoms with van der Waals surface area (Å²) in [5.74, 6) is -0.900. The highest BCUT2D eigenvalue weighted by atomic mass is 16.6. The first-order valence-corrected chi connectivity index (χ1v) is 11.8. The van der Waals surface area contributed by atoms with Gasteiger partial charge < -0.3 is 19.7 Å². The minimum absolute atomic E-state index is 0.123. The first kappa shape index (κ1) is 26.0. The molecule has 0 saturated carbocycles. The van der Waals surface area contributed by atoms with Crippen LogP contribution >= 0.6 is 0 Å². The van der Waals surface area contributed by atoms with Gasteiger partial charge in [-0.3, -0.25) is 4.90 Å². The van der Waals surface area contributed by atoms with E-state index in [1.165, 1.54) is 11.0 Å². The highest BCUT2D eigenvalue weighted by Crippen LogP contribution is 2.46. The van der Waals surface area contributed by atoms with E-state index in [0.717, 1.165) is 10.9 Å². The van der Waals surface area contributed by atoms with Crippen LogP contribution in [0.25, 0.3) is 10.8 Å². The predicted octanol–water partition coefficient (Wildman–Crippen LogP) is 5.97. The van der Waals surface area contributed by atoms with E-state index in [4.69, 9.17) is 9.47 Å². The molecule has 1 aliphatic rings. The van der Waals surface area contributed by atoms with Crippen molar-refractivity contribution in [3.63, 3.8) is 0 Å². The Labute approximate surface area is 205 Å². The summed E-state index contributed by atoms with van der Waals surface area (Å²) in [6.07, 6.45) is -0.526. The summed E-state index contributed by atoms with van der Waals surface area (Å²) in [7, 11) is 0. The lowest BCUT2D eigenvalue weighted by Crippen LogP contribution is -2.36. The molecule has 7 heteroatoms. The van der Waals surface area contributed by atoms with Gasteiger partial charge in [0.05, 0.1) is 17.9 Å². The molecule has 0 bridgehead atoms. The highest BCUT2D eigenvalue weighted by molar-refractivity contribution is 6.04. The number of aliphatic hydroxyl groups is 1. The van der Waals surface area contributed by atoms with E-state index in [1.54, 1.807) is 39.0 Å². The van der Waals surface area contributed by atoms with E-state index in [2.05, 4.69) is 0 Å². The number of aliphatic hydroxyl groups excluding tert-OH is 1. The van der Waals surface area contributed by atoms with Gasteiger partial charge in [-0.1, -0.05) is 44.2 Å². The van der Waals surface area contributed by atoms with Crippen molar-refractivity contribution in [2.24, 2.45) is 0 Å². The minimum atomic E-state index is -1.05. The SMILES string of the molecule is CC.CC(C)(C)OC(=O)N1CC(CO)c2c1cc(OCc1ccccc1)c1ccc(C(=O)O)cc21. The van der Waals surface area contributed by atoms with Crippen molar-refractivity contribution in [1.29, 1.82) is 0 Å². The van der Waals surface area contributed by atoms with E-state index in [9.17, 15) is 19.8 Å². The molecule has 1 aliphatic heterocycles.